The van der Waals surface area contributed by atoms with Crippen LogP contribution in [0, 0.1) is 47.3 Å². The molecule has 5 aliphatic rings. The van der Waals surface area contributed by atoms with Crippen molar-refractivity contribution in [3.63, 3.8) is 0 Å². The van der Waals surface area contributed by atoms with Crippen molar-refractivity contribution in [3.05, 3.63) is 12.2 Å². The first-order valence-electron chi connectivity index (χ1n) is 8.43. The van der Waals surface area contributed by atoms with Gasteiger partial charge in [0.1, 0.15) is 0 Å². The summed E-state index contributed by atoms with van der Waals surface area (Å²) >= 11 is 0. The number of aliphatic hydroxyl groups is 1. The van der Waals surface area contributed by atoms with Gasteiger partial charge in [0.25, 0.3) is 0 Å². The molecule has 9 unspecified atom stereocenters. The summed E-state index contributed by atoms with van der Waals surface area (Å²) in [6, 6.07) is 0. The fourth-order valence-electron chi connectivity index (χ4n) is 7.44. The van der Waals surface area contributed by atoms with Crippen LogP contribution in [0.3, 0.4) is 0 Å². The monoisotopic (exact) mass is 415 g/mol. The minimum atomic E-state index is -0.555. The maximum atomic E-state index is 11.4. The minimum Gasteiger partial charge on any atom is -0.387 e. The highest BCUT2D eigenvalue weighted by atomic mass is 127. The van der Waals surface area contributed by atoms with E-state index >= 15 is 0 Å². The van der Waals surface area contributed by atoms with Gasteiger partial charge in [-0.15, -0.1) is 24.0 Å². The van der Waals surface area contributed by atoms with Crippen molar-refractivity contribution < 1.29 is 5.11 Å². The Morgan fingerprint density at radius 2 is 1.91 bits per heavy atom. The van der Waals surface area contributed by atoms with Gasteiger partial charge < -0.3 is 16.2 Å². The van der Waals surface area contributed by atoms with Crippen LogP contribution in [0.1, 0.15) is 19.8 Å². The van der Waals surface area contributed by atoms with Crippen LogP contribution in [-0.2, 0) is 0 Å². The van der Waals surface area contributed by atoms with Crippen LogP contribution in [0.2, 0.25) is 0 Å². The Bertz CT molecular complexity index is 558. The summed E-state index contributed by atoms with van der Waals surface area (Å²) in [7, 11) is 0. The van der Waals surface area contributed by atoms with Gasteiger partial charge in [0.2, 0.25) is 0 Å². The lowest BCUT2D eigenvalue weighted by atomic mass is 9.56. The van der Waals surface area contributed by atoms with Crippen LogP contribution < -0.4 is 11.1 Å². The molecule has 0 spiro atoms. The number of fused-ring (bicyclic) bond motifs is 2. The number of aliphatic imine (C=N–C) groups is 1. The third-order valence-corrected chi connectivity index (χ3v) is 7.59. The molecule has 122 valence electrons. The molecule has 4 nitrogen and oxygen atoms in total. The number of nitrogens with two attached hydrogens (primary N) is 1. The Morgan fingerprint density at radius 3 is 2.64 bits per heavy atom. The molecular formula is C17H26IN3O. The Hall–Kier alpha value is -0.300. The molecular weight excluding hydrogens is 389 g/mol. The van der Waals surface area contributed by atoms with E-state index in [9.17, 15) is 5.11 Å². The molecule has 0 heterocycles. The summed E-state index contributed by atoms with van der Waals surface area (Å²) in [4.78, 5) is 4.49. The van der Waals surface area contributed by atoms with Crippen molar-refractivity contribution in [1.29, 1.82) is 0 Å². The second-order valence-electron chi connectivity index (χ2n) is 8.34. The van der Waals surface area contributed by atoms with Crippen LogP contribution in [0.4, 0.5) is 0 Å². The molecule has 4 N–H and O–H groups in total. The van der Waals surface area contributed by atoms with E-state index in [0.717, 1.165) is 41.1 Å². The Balaban J connectivity index is 0.00000125. The van der Waals surface area contributed by atoms with Gasteiger partial charge in [-0.2, -0.15) is 0 Å². The molecule has 0 saturated heterocycles. The second-order valence-corrected chi connectivity index (χ2v) is 8.34. The van der Waals surface area contributed by atoms with E-state index in [4.69, 9.17) is 5.73 Å². The normalized spacial score (nSPS) is 55.3. The highest BCUT2D eigenvalue weighted by molar-refractivity contribution is 14.0. The lowest BCUT2D eigenvalue weighted by Crippen LogP contribution is -2.56. The zero-order valence-electron chi connectivity index (χ0n) is 13.0. The van der Waals surface area contributed by atoms with E-state index in [1.165, 1.54) is 12.8 Å². The molecule has 2 bridgehead atoms. The van der Waals surface area contributed by atoms with Crippen molar-refractivity contribution in [3.8, 4) is 0 Å². The number of rotatable bonds is 4. The smallest absolute Gasteiger partial charge is 0.188 e. The fourth-order valence-corrected chi connectivity index (χ4v) is 7.44. The van der Waals surface area contributed by atoms with E-state index in [1.54, 1.807) is 0 Å². The van der Waals surface area contributed by atoms with Crippen molar-refractivity contribution >= 4 is 29.9 Å². The van der Waals surface area contributed by atoms with E-state index < -0.39 is 5.60 Å². The molecule has 0 aromatic rings. The molecule has 5 aliphatic carbocycles. The largest absolute Gasteiger partial charge is 0.387 e. The maximum absolute atomic E-state index is 11.4. The number of halogens is 1. The zero-order chi connectivity index (χ0) is 14.5. The second kappa shape index (κ2) is 4.62. The molecule has 5 rings (SSSR count). The first-order chi connectivity index (χ1) is 10.0. The van der Waals surface area contributed by atoms with Crippen LogP contribution in [0.15, 0.2) is 17.1 Å². The zero-order valence-corrected chi connectivity index (χ0v) is 15.4. The molecule has 9 atom stereocenters. The summed E-state index contributed by atoms with van der Waals surface area (Å²) in [5.41, 5.74) is 6.41. The van der Waals surface area contributed by atoms with Gasteiger partial charge >= 0.3 is 0 Å². The number of guanidine groups is 1. The third kappa shape index (κ3) is 1.55. The maximum Gasteiger partial charge on any atom is 0.188 e. The third-order valence-electron chi connectivity index (χ3n) is 7.59. The number of hydrogen-bond donors (Lipinski definition) is 3. The number of nitrogens with one attached hydrogen (secondary N) is 1. The van der Waals surface area contributed by atoms with Crippen molar-refractivity contribution in [2.24, 2.45) is 58.1 Å². The molecule has 0 aromatic carbocycles. The molecule has 5 saturated carbocycles. The lowest BCUT2D eigenvalue weighted by molar-refractivity contribution is -0.123. The number of hydrogen-bond acceptors (Lipinski definition) is 2. The Kier molecular flexibility index (Phi) is 3.20. The van der Waals surface area contributed by atoms with Gasteiger partial charge in [-0.1, -0.05) is 12.2 Å². The fraction of sp³-hybridized carbons (Fsp3) is 0.824. The van der Waals surface area contributed by atoms with Crippen molar-refractivity contribution in [2.45, 2.75) is 25.4 Å². The SMILES string of the molecule is C=C(C)CNC(N)=NCC1(O)C2C3CC4C5C3CC2C5C41.I. The first kappa shape index (κ1) is 15.2. The van der Waals surface area contributed by atoms with E-state index in [1.807, 2.05) is 6.92 Å². The molecule has 22 heavy (non-hydrogen) atoms. The first-order valence-corrected chi connectivity index (χ1v) is 8.43. The van der Waals surface area contributed by atoms with Gasteiger partial charge in [-0.05, 0) is 67.1 Å². The molecule has 0 radical (unpaired) electrons. The summed E-state index contributed by atoms with van der Waals surface area (Å²) in [6.07, 6.45) is 2.79. The molecule has 5 heteroatoms. The van der Waals surface area contributed by atoms with E-state index in [2.05, 4.69) is 16.9 Å². The van der Waals surface area contributed by atoms with Gasteiger partial charge in [0.05, 0.1) is 12.1 Å². The van der Waals surface area contributed by atoms with E-state index in [0.29, 0.717) is 30.9 Å². The predicted octanol–water partition coefficient (Wildman–Crippen LogP) is 1.59. The van der Waals surface area contributed by atoms with Gasteiger partial charge in [-0.25, -0.2) is 0 Å². The average molecular weight is 415 g/mol. The van der Waals surface area contributed by atoms with Crippen LogP contribution in [-0.4, -0.2) is 29.8 Å². The highest BCUT2D eigenvalue weighted by Gasteiger charge is 2.84. The molecule has 0 aliphatic heterocycles. The molecule has 0 amide bonds. The lowest BCUT2D eigenvalue weighted by Gasteiger charge is -2.51. The van der Waals surface area contributed by atoms with E-state index in [-0.39, 0.29) is 24.0 Å². The average Bonchev–Trinajstić information content (AvgIpc) is 2.92. The Morgan fingerprint density at radius 1 is 1.23 bits per heavy atom. The minimum absolute atomic E-state index is 0. The summed E-state index contributed by atoms with van der Waals surface area (Å²) in [5.74, 6) is 6.64. The summed E-state index contributed by atoms with van der Waals surface area (Å²) in [5, 5.41) is 14.5. The summed E-state index contributed by atoms with van der Waals surface area (Å²) < 4.78 is 0. The summed E-state index contributed by atoms with van der Waals surface area (Å²) in [6.45, 7) is 6.96. The van der Waals surface area contributed by atoms with Crippen molar-refractivity contribution in [1.82, 2.24) is 5.32 Å². The molecule has 0 aromatic heterocycles. The van der Waals surface area contributed by atoms with Crippen molar-refractivity contribution in [2.75, 3.05) is 13.1 Å². The van der Waals surface area contributed by atoms with Crippen LogP contribution in [0.5, 0.6) is 0 Å². The van der Waals surface area contributed by atoms with Gasteiger partial charge in [-0.3, -0.25) is 4.99 Å². The van der Waals surface area contributed by atoms with Gasteiger partial charge in [0, 0.05) is 6.54 Å². The van der Waals surface area contributed by atoms with Crippen LogP contribution >= 0.6 is 24.0 Å². The highest BCUT2D eigenvalue weighted by Crippen LogP contribution is 2.85. The van der Waals surface area contributed by atoms with Crippen LogP contribution in [0.25, 0.3) is 0 Å². The quantitative estimate of drug-likeness (QED) is 0.283. The standard InChI is InChI=1S/C17H25N3O.HI/c1-7(2)5-19-16(18)20-6-17(21)14-9-4-10-12-8(9)3-11(14)13(12)15(10)17;/h8-15,21H,1,3-6H2,2H3,(H3,18,19,20);1H. The number of nitrogens with zero attached hydrogens (tertiary/aromatic N) is 1. The van der Waals surface area contributed by atoms with Gasteiger partial charge in [0.15, 0.2) is 5.96 Å². The topological polar surface area (TPSA) is 70.6 Å². The predicted molar refractivity (Wildman–Crippen MR) is 96.8 cm³/mol. The molecule has 5 fully saturated rings. The Labute approximate surface area is 149 Å².